The average Bonchev–Trinajstić information content (AvgIpc) is 2.26. The Labute approximate surface area is 99.1 Å². The molecule has 0 atom stereocenters. The summed E-state index contributed by atoms with van der Waals surface area (Å²) in [7, 11) is 0. The second-order valence-corrected chi connectivity index (χ2v) is 3.33. The summed E-state index contributed by atoms with van der Waals surface area (Å²) < 4.78 is 12.8. The SMILES string of the molecule is C=CCNC(=S)N/N=C\c1cccc(F)c1. The minimum absolute atomic E-state index is 0.295. The highest BCUT2D eigenvalue weighted by Crippen LogP contribution is 1.99. The average molecular weight is 237 g/mol. The van der Waals surface area contributed by atoms with E-state index in [0.29, 0.717) is 17.2 Å². The molecule has 1 aromatic rings. The minimum atomic E-state index is -0.295. The van der Waals surface area contributed by atoms with E-state index in [4.69, 9.17) is 12.2 Å². The van der Waals surface area contributed by atoms with Crippen molar-refractivity contribution in [2.45, 2.75) is 0 Å². The molecule has 0 saturated carbocycles. The van der Waals surface area contributed by atoms with Crippen LogP contribution >= 0.6 is 12.2 Å². The van der Waals surface area contributed by atoms with Gasteiger partial charge in [0.2, 0.25) is 0 Å². The zero-order valence-electron chi connectivity index (χ0n) is 8.61. The lowest BCUT2D eigenvalue weighted by molar-refractivity contribution is 0.627. The third-order valence-electron chi connectivity index (χ3n) is 1.64. The van der Waals surface area contributed by atoms with Crippen LogP contribution in [0.25, 0.3) is 0 Å². The van der Waals surface area contributed by atoms with Gasteiger partial charge in [-0.05, 0) is 29.9 Å². The van der Waals surface area contributed by atoms with Gasteiger partial charge in [0.1, 0.15) is 5.82 Å². The number of rotatable bonds is 4. The number of halogens is 1. The molecule has 0 fully saturated rings. The predicted molar refractivity (Wildman–Crippen MR) is 67.9 cm³/mol. The van der Waals surface area contributed by atoms with Crippen LogP contribution in [-0.2, 0) is 0 Å². The van der Waals surface area contributed by atoms with Gasteiger partial charge < -0.3 is 5.32 Å². The van der Waals surface area contributed by atoms with E-state index in [2.05, 4.69) is 22.4 Å². The third-order valence-corrected chi connectivity index (χ3v) is 1.87. The van der Waals surface area contributed by atoms with E-state index in [1.165, 1.54) is 18.3 Å². The van der Waals surface area contributed by atoms with Gasteiger partial charge in [0.15, 0.2) is 5.11 Å². The Kier molecular flexibility index (Phi) is 5.15. The van der Waals surface area contributed by atoms with Gasteiger partial charge in [-0.2, -0.15) is 5.10 Å². The Morgan fingerprint density at radius 1 is 1.56 bits per heavy atom. The van der Waals surface area contributed by atoms with Crippen molar-refractivity contribution in [3.63, 3.8) is 0 Å². The highest BCUT2D eigenvalue weighted by atomic mass is 32.1. The first-order valence-electron chi connectivity index (χ1n) is 4.66. The molecule has 0 spiro atoms. The summed E-state index contributed by atoms with van der Waals surface area (Å²) in [6.45, 7) is 4.11. The normalized spacial score (nSPS) is 10.1. The molecule has 0 saturated heterocycles. The molecule has 0 amide bonds. The second kappa shape index (κ2) is 6.68. The Hall–Kier alpha value is -1.75. The summed E-state index contributed by atoms with van der Waals surface area (Å²) in [5.41, 5.74) is 3.27. The topological polar surface area (TPSA) is 36.4 Å². The fraction of sp³-hybridized carbons (Fsp3) is 0.0909. The van der Waals surface area contributed by atoms with E-state index < -0.39 is 0 Å². The molecule has 2 N–H and O–H groups in total. The van der Waals surface area contributed by atoms with E-state index in [-0.39, 0.29) is 5.82 Å². The molecule has 1 rings (SSSR count). The van der Waals surface area contributed by atoms with Crippen molar-refractivity contribution in [3.05, 3.63) is 48.3 Å². The number of nitrogens with zero attached hydrogens (tertiary/aromatic N) is 1. The summed E-state index contributed by atoms with van der Waals surface area (Å²) in [5, 5.41) is 7.10. The Morgan fingerprint density at radius 3 is 3.06 bits per heavy atom. The zero-order valence-corrected chi connectivity index (χ0v) is 9.43. The largest absolute Gasteiger partial charge is 0.358 e. The minimum Gasteiger partial charge on any atom is -0.358 e. The first-order valence-corrected chi connectivity index (χ1v) is 5.06. The van der Waals surface area contributed by atoms with Gasteiger partial charge in [0.05, 0.1) is 6.21 Å². The maximum absolute atomic E-state index is 12.8. The molecule has 0 radical (unpaired) electrons. The van der Waals surface area contributed by atoms with Crippen LogP contribution in [0.1, 0.15) is 5.56 Å². The lowest BCUT2D eigenvalue weighted by Gasteiger charge is -2.02. The number of hydrogen-bond donors (Lipinski definition) is 2. The maximum atomic E-state index is 12.8. The lowest BCUT2D eigenvalue weighted by Crippen LogP contribution is -2.31. The molecule has 0 heterocycles. The van der Waals surface area contributed by atoms with E-state index in [1.807, 2.05) is 0 Å². The van der Waals surface area contributed by atoms with Crippen molar-refractivity contribution < 1.29 is 4.39 Å². The number of nitrogens with one attached hydrogen (secondary N) is 2. The van der Waals surface area contributed by atoms with Crippen LogP contribution in [0.3, 0.4) is 0 Å². The number of benzene rings is 1. The van der Waals surface area contributed by atoms with Gasteiger partial charge >= 0.3 is 0 Å². The van der Waals surface area contributed by atoms with Crippen LogP contribution in [0.4, 0.5) is 4.39 Å². The molecule has 3 nitrogen and oxygen atoms in total. The Balaban J connectivity index is 2.42. The molecule has 0 aliphatic rings. The molecule has 16 heavy (non-hydrogen) atoms. The van der Waals surface area contributed by atoms with E-state index >= 15 is 0 Å². The molecule has 5 heteroatoms. The van der Waals surface area contributed by atoms with Gasteiger partial charge in [-0.15, -0.1) is 6.58 Å². The highest BCUT2D eigenvalue weighted by molar-refractivity contribution is 7.80. The van der Waals surface area contributed by atoms with Crippen molar-refractivity contribution in [1.82, 2.24) is 10.7 Å². The van der Waals surface area contributed by atoms with Gasteiger partial charge in [0.25, 0.3) is 0 Å². The summed E-state index contributed by atoms with van der Waals surface area (Å²) in [6, 6.07) is 6.12. The van der Waals surface area contributed by atoms with Crippen LogP contribution in [0, 0.1) is 5.82 Å². The van der Waals surface area contributed by atoms with Crippen molar-refractivity contribution in [3.8, 4) is 0 Å². The van der Waals surface area contributed by atoms with Gasteiger partial charge in [-0.3, -0.25) is 5.43 Å². The van der Waals surface area contributed by atoms with Crippen molar-refractivity contribution >= 4 is 23.5 Å². The zero-order chi connectivity index (χ0) is 11.8. The smallest absolute Gasteiger partial charge is 0.187 e. The van der Waals surface area contributed by atoms with Crippen LogP contribution < -0.4 is 10.7 Å². The quantitative estimate of drug-likeness (QED) is 0.363. The van der Waals surface area contributed by atoms with Gasteiger partial charge in [0, 0.05) is 6.54 Å². The fourth-order valence-electron chi connectivity index (χ4n) is 0.957. The van der Waals surface area contributed by atoms with E-state index in [9.17, 15) is 4.39 Å². The van der Waals surface area contributed by atoms with Gasteiger partial charge in [-0.25, -0.2) is 4.39 Å². The summed E-state index contributed by atoms with van der Waals surface area (Å²) >= 11 is 4.90. The standard InChI is InChI=1S/C11H12FN3S/c1-2-6-13-11(16)15-14-8-9-4-3-5-10(12)7-9/h2-5,7-8H,1,6H2,(H2,13,15,16)/b14-8-. The number of hydrogen-bond acceptors (Lipinski definition) is 2. The highest BCUT2D eigenvalue weighted by Gasteiger charge is 1.91. The maximum Gasteiger partial charge on any atom is 0.187 e. The monoisotopic (exact) mass is 237 g/mol. The molecule has 0 aliphatic carbocycles. The predicted octanol–water partition coefficient (Wildman–Crippen LogP) is 1.81. The molecule has 1 aromatic carbocycles. The van der Waals surface area contributed by atoms with Crippen molar-refractivity contribution in [2.75, 3.05) is 6.54 Å². The summed E-state index contributed by atoms with van der Waals surface area (Å²) in [5.74, 6) is -0.295. The molecular weight excluding hydrogens is 225 g/mol. The third kappa shape index (κ3) is 4.65. The Morgan fingerprint density at radius 2 is 2.38 bits per heavy atom. The lowest BCUT2D eigenvalue weighted by atomic mass is 10.2. The van der Waals surface area contributed by atoms with Crippen molar-refractivity contribution in [1.29, 1.82) is 0 Å². The summed E-state index contributed by atoms with van der Waals surface area (Å²) in [4.78, 5) is 0. The van der Waals surface area contributed by atoms with Crippen LogP contribution in [0.5, 0.6) is 0 Å². The van der Waals surface area contributed by atoms with E-state index in [0.717, 1.165) is 0 Å². The summed E-state index contributed by atoms with van der Waals surface area (Å²) in [6.07, 6.45) is 3.18. The second-order valence-electron chi connectivity index (χ2n) is 2.92. The molecule has 84 valence electrons. The first kappa shape index (κ1) is 12.3. The first-order chi connectivity index (χ1) is 7.72. The molecule has 0 aliphatic heterocycles. The van der Waals surface area contributed by atoms with Crippen molar-refractivity contribution in [2.24, 2.45) is 5.10 Å². The number of hydrazone groups is 1. The molecule has 0 unspecified atom stereocenters. The van der Waals surface area contributed by atoms with Crippen LogP contribution in [0.15, 0.2) is 42.0 Å². The van der Waals surface area contributed by atoms with E-state index in [1.54, 1.807) is 18.2 Å². The fourth-order valence-corrected chi connectivity index (χ4v) is 1.09. The molecular formula is C11H12FN3S. The van der Waals surface area contributed by atoms with Crippen LogP contribution in [-0.4, -0.2) is 17.9 Å². The molecule has 0 aromatic heterocycles. The number of thiocarbonyl (C=S) groups is 1. The van der Waals surface area contributed by atoms with Crippen LogP contribution in [0.2, 0.25) is 0 Å². The van der Waals surface area contributed by atoms with Gasteiger partial charge in [-0.1, -0.05) is 18.2 Å². The molecule has 0 bridgehead atoms. The Bertz CT molecular complexity index is 404.